The van der Waals surface area contributed by atoms with Gasteiger partial charge >= 0.3 is 0 Å². The molecule has 0 saturated carbocycles. The number of nitrogens with one attached hydrogen (secondary N) is 1. The van der Waals surface area contributed by atoms with Crippen LogP contribution in [-0.2, 0) is 4.79 Å². The number of rotatable bonds is 7. The fourth-order valence-corrected chi connectivity index (χ4v) is 3.69. The molecule has 0 radical (unpaired) electrons. The van der Waals surface area contributed by atoms with Gasteiger partial charge in [0.1, 0.15) is 0 Å². The second-order valence-electron chi connectivity index (χ2n) is 5.26. The van der Waals surface area contributed by atoms with Crippen LogP contribution in [0.1, 0.15) is 42.3 Å². The summed E-state index contributed by atoms with van der Waals surface area (Å²) in [4.78, 5) is 26.7. The number of nitrogens with zero attached hydrogens (tertiary/aromatic N) is 1. The summed E-state index contributed by atoms with van der Waals surface area (Å²) < 4.78 is 0.601. The summed E-state index contributed by atoms with van der Waals surface area (Å²) in [7, 11) is 0. The predicted octanol–water partition coefficient (Wildman–Crippen LogP) is 2.96. The molecule has 0 aromatic carbocycles. The maximum Gasteiger partial charge on any atom is 0.220 e. The maximum absolute atomic E-state index is 11.9. The highest BCUT2D eigenvalue weighted by molar-refractivity contribution is 7.18. The molecule has 2 heterocycles. The molecule has 1 N–H and O–H groups in total. The van der Waals surface area contributed by atoms with E-state index in [1.807, 2.05) is 0 Å². The average molecular weight is 329 g/mol. The monoisotopic (exact) mass is 328 g/mol. The Labute approximate surface area is 134 Å². The van der Waals surface area contributed by atoms with Gasteiger partial charge in [0.05, 0.1) is 9.21 Å². The van der Waals surface area contributed by atoms with E-state index >= 15 is 0 Å². The van der Waals surface area contributed by atoms with Crippen molar-refractivity contribution in [3.63, 3.8) is 0 Å². The van der Waals surface area contributed by atoms with Gasteiger partial charge in [-0.05, 0) is 38.1 Å². The van der Waals surface area contributed by atoms with Gasteiger partial charge in [-0.1, -0.05) is 18.5 Å². The van der Waals surface area contributed by atoms with Gasteiger partial charge in [0.15, 0.2) is 5.78 Å². The lowest BCUT2D eigenvalue weighted by Gasteiger charge is -2.22. The van der Waals surface area contributed by atoms with Gasteiger partial charge in [-0.25, -0.2) is 0 Å². The Morgan fingerprint density at radius 3 is 2.90 bits per heavy atom. The molecule has 1 aliphatic heterocycles. The van der Waals surface area contributed by atoms with Crippen LogP contribution in [0.5, 0.6) is 0 Å². The molecule has 0 bridgehead atoms. The third-order valence-corrected chi connectivity index (χ3v) is 5.14. The SMILES string of the molecule is CCN1CCCC1CNC(=O)CCC(=O)c1ccc(Cl)s1. The quantitative estimate of drug-likeness (QED) is 0.783. The minimum atomic E-state index is -0.0473. The van der Waals surface area contributed by atoms with E-state index < -0.39 is 0 Å². The Morgan fingerprint density at radius 1 is 1.43 bits per heavy atom. The molecule has 0 spiro atoms. The fraction of sp³-hybridized carbons (Fsp3) is 0.600. The Hall–Kier alpha value is -0.910. The highest BCUT2D eigenvalue weighted by Crippen LogP contribution is 2.22. The first-order chi connectivity index (χ1) is 10.1. The molecular weight excluding hydrogens is 308 g/mol. The Kier molecular flexibility index (Phi) is 6.21. The number of halogens is 1. The molecule has 0 aliphatic carbocycles. The van der Waals surface area contributed by atoms with E-state index in [9.17, 15) is 9.59 Å². The fourth-order valence-electron chi connectivity index (χ4n) is 2.68. The zero-order chi connectivity index (χ0) is 15.2. The second-order valence-corrected chi connectivity index (χ2v) is 6.97. The smallest absolute Gasteiger partial charge is 0.220 e. The number of carbonyl (C=O) groups excluding carboxylic acids is 2. The molecular formula is C15H21ClN2O2S. The Bertz CT molecular complexity index is 504. The molecule has 4 nitrogen and oxygen atoms in total. The topological polar surface area (TPSA) is 49.4 Å². The first-order valence-corrected chi connectivity index (χ1v) is 8.59. The average Bonchev–Trinajstić information content (AvgIpc) is 3.10. The summed E-state index contributed by atoms with van der Waals surface area (Å²) in [6.45, 7) is 4.98. The lowest BCUT2D eigenvalue weighted by atomic mass is 10.1. The van der Waals surface area contributed by atoms with Crippen molar-refractivity contribution in [2.75, 3.05) is 19.6 Å². The van der Waals surface area contributed by atoms with E-state index in [2.05, 4.69) is 17.1 Å². The number of carbonyl (C=O) groups is 2. The Balaban J connectivity index is 1.69. The van der Waals surface area contributed by atoms with Crippen molar-refractivity contribution >= 4 is 34.6 Å². The standard InChI is InChI=1S/C15H21ClN2O2S/c1-2-18-9-3-4-11(18)10-17-15(20)8-5-12(19)13-6-7-14(16)21-13/h6-7,11H,2-5,8-10H2,1H3,(H,17,20). The summed E-state index contributed by atoms with van der Waals surface area (Å²) in [6.07, 6.45) is 2.82. The molecule has 21 heavy (non-hydrogen) atoms. The lowest BCUT2D eigenvalue weighted by Crippen LogP contribution is -2.40. The first kappa shape index (κ1) is 16.5. The molecule has 1 unspecified atom stereocenters. The van der Waals surface area contributed by atoms with Crippen molar-refractivity contribution in [3.05, 3.63) is 21.3 Å². The summed E-state index contributed by atoms with van der Waals surface area (Å²) in [5.74, 6) is -0.0629. The minimum absolute atomic E-state index is 0.0156. The number of amides is 1. The molecule has 1 amide bonds. The third-order valence-electron chi connectivity index (χ3n) is 3.87. The second kappa shape index (κ2) is 7.92. The van der Waals surface area contributed by atoms with E-state index in [0.29, 0.717) is 21.8 Å². The molecule has 1 atom stereocenters. The molecule has 1 fully saturated rings. The van der Waals surface area contributed by atoms with Crippen LogP contribution in [0.3, 0.4) is 0 Å². The zero-order valence-electron chi connectivity index (χ0n) is 12.2. The largest absolute Gasteiger partial charge is 0.355 e. The minimum Gasteiger partial charge on any atom is -0.355 e. The van der Waals surface area contributed by atoms with Crippen LogP contribution in [0, 0.1) is 0 Å². The van der Waals surface area contributed by atoms with Crippen molar-refractivity contribution < 1.29 is 9.59 Å². The number of Topliss-reactive ketones (excluding diaryl/α,β-unsaturated/α-hetero) is 1. The molecule has 1 aliphatic rings. The van der Waals surface area contributed by atoms with Crippen molar-refractivity contribution in [2.24, 2.45) is 0 Å². The number of likely N-dealkylation sites (N-methyl/N-ethyl adjacent to an activating group) is 1. The molecule has 6 heteroatoms. The van der Waals surface area contributed by atoms with E-state index in [1.54, 1.807) is 12.1 Å². The maximum atomic E-state index is 11.9. The number of thiophene rings is 1. The third kappa shape index (κ3) is 4.80. The lowest BCUT2D eigenvalue weighted by molar-refractivity contribution is -0.121. The Morgan fingerprint density at radius 2 is 2.24 bits per heavy atom. The number of likely N-dealkylation sites (tertiary alicyclic amines) is 1. The van der Waals surface area contributed by atoms with Gasteiger partial charge in [-0.3, -0.25) is 14.5 Å². The number of ketones is 1. The van der Waals surface area contributed by atoms with Crippen LogP contribution >= 0.6 is 22.9 Å². The molecule has 1 aromatic heterocycles. The number of hydrogen-bond donors (Lipinski definition) is 1. The first-order valence-electron chi connectivity index (χ1n) is 7.39. The van der Waals surface area contributed by atoms with Gasteiger partial charge in [0.2, 0.25) is 5.91 Å². The van der Waals surface area contributed by atoms with Crippen molar-refractivity contribution in [1.82, 2.24) is 10.2 Å². The van der Waals surface area contributed by atoms with Gasteiger partial charge < -0.3 is 5.32 Å². The summed E-state index contributed by atoms with van der Waals surface area (Å²) in [6, 6.07) is 3.87. The zero-order valence-corrected chi connectivity index (χ0v) is 13.8. The van der Waals surface area contributed by atoms with Crippen LogP contribution in [0.25, 0.3) is 0 Å². The van der Waals surface area contributed by atoms with Crippen molar-refractivity contribution in [1.29, 1.82) is 0 Å². The van der Waals surface area contributed by atoms with E-state index in [1.165, 1.54) is 17.8 Å². The highest BCUT2D eigenvalue weighted by Gasteiger charge is 2.23. The molecule has 2 rings (SSSR count). The van der Waals surface area contributed by atoms with E-state index in [0.717, 1.165) is 19.5 Å². The van der Waals surface area contributed by atoms with Gasteiger partial charge in [0.25, 0.3) is 0 Å². The molecule has 1 saturated heterocycles. The predicted molar refractivity (Wildman–Crippen MR) is 86.2 cm³/mol. The summed E-state index contributed by atoms with van der Waals surface area (Å²) in [5, 5.41) is 2.95. The van der Waals surface area contributed by atoms with Crippen LogP contribution in [0.2, 0.25) is 4.34 Å². The summed E-state index contributed by atoms with van der Waals surface area (Å²) >= 11 is 7.06. The van der Waals surface area contributed by atoms with Crippen LogP contribution in [0.4, 0.5) is 0 Å². The van der Waals surface area contributed by atoms with Gasteiger partial charge in [0, 0.05) is 25.4 Å². The number of hydrogen-bond acceptors (Lipinski definition) is 4. The van der Waals surface area contributed by atoms with Crippen LogP contribution in [-0.4, -0.2) is 42.3 Å². The molecule has 116 valence electrons. The van der Waals surface area contributed by atoms with Crippen molar-refractivity contribution in [3.8, 4) is 0 Å². The van der Waals surface area contributed by atoms with E-state index in [4.69, 9.17) is 11.6 Å². The van der Waals surface area contributed by atoms with Crippen LogP contribution in [0.15, 0.2) is 12.1 Å². The van der Waals surface area contributed by atoms with Gasteiger partial charge in [-0.2, -0.15) is 0 Å². The van der Waals surface area contributed by atoms with Gasteiger partial charge in [-0.15, -0.1) is 11.3 Å². The van der Waals surface area contributed by atoms with Crippen molar-refractivity contribution in [2.45, 2.75) is 38.6 Å². The highest BCUT2D eigenvalue weighted by atomic mass is 35.5. The normalized spacial score (nSPS) is 18.9. The van der Waals surface area contributed by atoms with E-state index in [-0.39, 0.29) is 24.5 Å². The summed E-state index contributed by atoms with van der Waals surface area (Å²) in [5.41, 5.74) is 0. The van der Waals surface area contributed by atoms with Crippen LogP contribution < -0.4 is 5.32 Å². The molecule has 1 aromatic rings.